The topological polar surface area (TPSA) is 51.2 Å². The van der Waals surface area contributed by atoms with Crippen LogP contribution in [0.25, 0.3) is 0 Å². The van der Waals surface area contributed by atoms with E-state index in [9.17, 15) is 4.79 Å². The third-order valence-electron chi connectivity index (χ3n) is 3.52. The molecule has 1 aromatic rings. The van der Waals surface area contributed by atoms with Crippen LogP contribution in [-0.4, -0.2) is 23.6 Å². The number of anilines is 1. The number of nitrogens with one attached hydrogen (secondary N) is 1. The van der Waals surface area contributed by atoms with Gasteiger partial charge in [0.25, 0.3) is 0 Å². The van der Waals surface area contributed by atoms with Crippen LogP contribution in [0.3, 0.4) is 0 Å². The molecule has 1 aliphatic rings. The molecule has 0 saturated heterocycles. The molecular formula is C14H22N2O2S. The smallest absolute Gasteiger partial charge is 0.357 e. The van der Waals surface area contributed by atoms with Crippen LogP contribution in [0.15, 0.2) is 5.38 Å². The molecule has 1 aliphatic carbocycles. The number of nitrogens with zero attached hydrogens (tertiary/aromatic N) is 1. The predicted molar refractivity (Wildman–Crippen MR) is 77.7 cm³/mol. The lowest BCUT2D eigenvalue weighted by Gasteiger charge is -2.35. The molecule has 0 spiro atoms. The van der Waals surface area contributed by atoms with Gasteiger partial charge in [0.2, 0.25) is 0 Å². The summed E-state index contributed by atoms with van der Waals surface area (Å²) in [7, 11) is 0. The number of rotatable bonds is 4. The van der Waals surface area contributed by atoms with E-state index in [0.29, 0.717) is 23.8 Å². The Bertz CT molecular complexity index is 442. The molecule has 1 fully saturated rings. The van der Waals surface area contributed by atoms with Crippen LogP contribution in [0, 0.1) is 5.41 Å². The Morgan fingerprint density at radius 1 is 1.63 bits per heavy atom. The minimum Gasteiger partial charge on any atom is -0.461 e. The maximum Gasteiger partial charge on any atom is 0.357 e. The third-order valence-corrected chi connectivity index (χ3v) is 4.29. The molecule has 1 saturated carbocycles. The van der Waals surface area contributed by atoms with Gasteiger partial charge in [-0.1, -0.05) is 20.3 Å². The first-order valence-corrected chi connectivity index (χ1v) is 7.77. The molecule has 19 heavy (non-hydrogen) atoms. The molecule has 1 unspecified atom stereocenters. The van der Waals surface area contributed by atoms with Gasteiger partial charge >= 0.3 is 5.97 Å². The van der Waals surface area contributed by atoms with Crippen molar-refractivity contribution in [1.82, 2.24) is 4.98 Å². The zero-order valence-corrected chi connectivity index (χ0v) is 12.7. The van der Waals surface area contributed by atoms with E-state index in [1.54, 1.807) is 12.3 Å². The van der Waals surface area contributed by atoms with Crippen molar-refractivity contribution in [2.45, 2.75) is 52.5 Å². The van der Waals surface area contributed by atoms with Gasteiger partial charge in [-0.3, -0.25) is 0 Å². The number of carbonyl (C=O) groups excluding carboxylic acids is 1. The van der Waals surface area contributed by atoms with E-state index in [0.717, 1.165) is 11.6 Å². The number of hydrogen-bond acceptors (Lipinski definition) is 5. The third kappa shape index (κ3) is 3.93. The minimum absolute atomic E-state index is 0.337. The van der Waals surface area contributed by atoms with Crippen LogP contribution in [0.1, 0.15) is 56.9 Å². The summed E-state index contributed by atoms with van der Waals surface area (Å²) in [4.78, 5) is 15.9. The number of ether oxygens (including phenoxy) is 1. The van der Waals surface area contributed by atoms with Crippen molar-refractivity contribution >= 4 is 22.4 Å². The monoisotopic (exact) mass is 282 g/mol. The molecular weight excluding hydrogens is 260 g/mol. The number of esters is 1. The second-order valence-electron chi connectivity index (χ2n) is 5.86. The van der Waals surface area contributed by atoms with Crippen LogP contribution in [0.5, 0.6) is 0 Å². The fourth-order valence-electron chi connectivity index (χ4n) is 2.63. The van der Waals surface area contributed by atoms with E-state index >= 15 is 0 Å². The van der Waals surface area contributed by atoms with Gasteiger partial charge in [-0.15, -0.1) is 11.3 Å². The summed E-state index contributed by atoms with van der Waals surface area (Å²) in [5, 5.41) is 6.04. The summed E-state index contributed by atoms with van der Waals surface area (Å²) >= 11 is 1.47. The number of aromatic nitrogens is 1. The SMILES string of the molecule is CCOC(=O)c1csc(NC2CCCC(C)(C)C2)n1. The zero-order chi connectivity index (χ0) is 13.9. The average molecular weight is 282 g/mol. The summed E-state index contributed by atoms with van der Waals surface area (Å²) in [5.74, 6) is -0.337. The van der Waals surface area contributed by atoms with E-state index in [2.05, 4.69) is 24.1 Å². The summed E-state index contributed by atoms with van der Waals surface area (Å²) in [6.45, 7) is 6.81. The van der Waals surface area contributed by atoms with Gasteiger partial charge in [-0.05, 0) is 31.6 Å². The van der Waals surface area contributed by atoms with Gasteiger partial charge in [0, 0.05) is 11.4 Å². The molecule has 0 bridgehead atoms. The van der Waals surface area contributed by atoms with E-state index in [1.165, 1.54) is 30.6 Å². The normalized spacial score (nSPS) is 21.9. The Labute approximate surface area is 118 Å². The van der Waals surface area contributed by atoms with Crippen molar-refractivity contribution in [3.8, 4) is 0 Å². The number of thiazole rings is 1. The fraction of sp³-hybridized carbons (Fsp3) is 0.714. The van der Waals surface area contributed by atoms with Crippen molar-refractivity contribution in [2.24, 2.45) is 5.41 Å². The molecule has 1 atom stereocenters. The lowest BCUT2D eigenvalue weighted by atomic mass is 9.75. The Kier molecular flexibility index (Phi) is 4.45. The van der Waals surface area contributed by atoms with Crippen LogP contribution in [-0.2, 0) is 4.74 Å². The largest absolute Gasteiger partial charge is 0.461 e. The van der Waals surface area contributed by atoms with E-state index in [-0.39, 0.29) is 5.97 Å². The van der Waals surface area contributed by atoms with E-state index in [1.807, 2.05) is 0 Å². The summed E-state index contributed by atoms with van der Waals surface area (Å²) in [5.41, 5.74) is 0.807. The first kappa shape index (κ1) is 14.3. The average Bonchev–Trinajstić information content (AvgIpc) is 2.76. The molecule has 106 valence electrons. The molecule has 2 rings (SSSR count). The summed E-state index contributed by atoms with van der Waals surface area (Å²) in [6.07, 6.45) is 4.87. The summed E-state index contributed by atoms with van der Waals surface area (Å²) in [6, 6.07) is 0.463. The minimum atomic E-state index is -0.337. The van der Waals surface area contributed by atoms with Crippen LogP contribution < -0.4 is 5.32 Å². The zero-order valence-electron chi connectivity index (χ0n) is 11.9. The molecule has 5 heteroatoms. The molecule has 0 radical (unpaired) electrons. The Balaban J connectivity index is 1.94. The van der Waals surface area contributed by atoms with Gasteiger partial charge in [-0.25, -0.2) is 9.78 Å². The lowest BCUT2D eigenvalue weighted by Crippen LogP contribution is -2.31. The molecule has 0 aliphatic heterocycles. The highest BCUT2D eigenvalue weighted by Gasteiger charge is 2.28. The Morgan fingerprint density at radius 3 is 3.11 bits per heavy atom. The van der Waals surface area contributed by atoms with E-state index < -0.39 is 0 Å². The molecule has 0 aromatic carbocycles. The fourth-order valence-corrected chi connectivity index (χ4v) is 3.39. The van der Waals surface area contributed by atoms with Gasteiger partial charge in [0.1, 0.15) is 0 Å². The Morgan fingerprint density at radius 2 is 2.42 bits per heavy atom. The van der Waals surface area contributed by atoms with Crippen molar-refractivity contribution in [3.05, 3.63) is 11.1 Å². The second kappa shape index (κ2) is 5.90. The first-order chi connectivity index (χ1) is 9.00. The maximum atomic E-state index is 11.5. The first-order valence-electron chi connectivity index (χ1n) is 6.89. The molecule has 1 aromatic heterocycles. The molecule has 0 amide bonds. The number of carbonyl (C=O) groups is 1. The molecule has 1 N–H and O–H groups in total. The lowest BCUT2D eigenvalue weighted by molar-refractivity contribution is 0.0520. The van der Waals surface area contributed by atoms with E-state index in [4.69, 9.17) is 4.74 Å². The van der Waals surface area contributed by atoms with Crippen LogP contribution in [0.4, 0.5) is 5.13 Å². The van der Waals surface area contributed by atoms with Gasteiger partial charge in [0.05, 0.1) is 6.61 Å². The van der Waals surface area contributed by atoms with Crippen molar-refractivity contribution < 1.29 is 9.53 Å². The quantitative estimate of drug-likeness (QED) is 0.855. The van der Waals surface area contributed by atoms with Crippen molar-refractivity contribution in [2.75, 3.05) is 11.9 Å². The highest BCUT2D eigenvalue weighted by atomic mass is 32.1. The predicted octanol–water partition coefficient (Wildman–Crippen LogP) is 3.70. The van der Waals surface area contributed by atoms with Gasteiger partial charge in [-0.2, -0.15) is 0 Å². The highest BCUT2D eigenvalue weighted by Crippen LogP contribution is 2.36. The Hall–Kier alpha value is -1.10. The van der Waals surface area contributed by atoms with Gasteiger partial charge < -0.3 is 10.1 Å². The summed E-state index contributed by atoms with van der Waals surface area (Å²) < 4.78 is 4.94. The van der Waals surface area contributed by atoms with Crippen LogP contribution in [0.2, 0.25) is 0 Å². The molecule has 1 heterocycles. The van der Waals surface area contributed by atoms with Crippen molar-refractivity contribution in [3.63, 3.8) is 0 Å². The standard InChI is InChI=1S/C14H22N2O2S/c1-4-18-12(17)11-9-19-13(16-11)15-10-6-5-7-14(2,3)8-10/h9-10H,4-8H2,1-3H3,(H,15,16). The second-order valence-corrected chi connectivity index (χ2v) is 6.72. The molecule has 4 nitrogen and oxygen atoms in total. The van der Waals surface area contributed by atoms with Crippen LogP contribution >= 0.6 is 11.3 Å². The highest BCUT2D eigenvalue weighted by molar-refractivity contribution is 7.13. The number of hydrogen-bond donors (Lipinski definition) is 1. The van der Waals surface area contributed by atoms with Gasteiger partial charge in [0.15, 0.2) is 10.8 Å². The maximum absolute atomic E-state index is 11.5. The van der Waals surface area contributed by atoms with Crippen molar-refractivity contribution in [1.29, 1.82) is 0 Å².